The molecule has 0 bridgehead atoms. The van der Waals surface area contributed by atoms with E-state index in [-0.39, 0.29) is 27.1 Å². The monoisotopic (exact) mass is 509 g/mol. The number of likely N-dealkylation sites (N-methyl/N-ethyl adjacent to an activating group) is 1. The van der Waals surface area contributed by atoms with E-state index in [0.29, 0.717) is 24.2 Å². The number of nitro groups is 1. The van der Waals surface area contributed by atoms with Gasteiger partial charge in [-0.3, -0.25) is 14.9 Å². The second-order valence-electron chi connectivity index (χ2n) is 9.45. The van der Waals surface area contributed by atoms with Crippen molar-refractivity contribution in [3.63, 3.8) is 0 Å². The number of rotatable bonds is 8. The smallest absolute Gasteiger partial charge is 0.324 e. The van der Waals surface area contributed by atoms with Gasteiger partial charge in [-0.05, 0) is 43.3 Å². The Labute approximate surface area is 211 Å². The Morgan fingerprint density at radius 2 is 1.89 bits per heavy atom. The van der Waals surface area contributed by atoms with Gasteiger partial charge < -0.3 is 15.0 Å². The average molecular weight is 510 g/mol. The Hall–Kier alpha value is -3.90. The van der Waals surface area contributed by atoms with Crippen LogP contribution in [0.1, 0.15) is 36.0 Å². The molecule has 36 heavy (non-hydrogen) atoms. The van der Waals surface area contributed by atoms with Crippen LogP contribution in [0.15, 0.2) is 42.6 Å². The maximum atomic E-state index is 12.9. The number of ether oxygens (including phenoxy) is 1. The molecule has 3 heterocycles. The lowest BCUT2D eigenvalue weighted by Crippen LogP contribution is -2.20. The first kappa shape index (κ1) is 25.2. The number of aromatic nitrogens is 4. The summed E-state index contributed by atoms with van der Waals surface area (Å²) in [4.78, 5) is 34.4. The lowest BCUT2D eigenvalue weighted by molar-refractivity contribution is -0.380. The van der Waals surface area contributed by atoms with Crippen LogP contribution < -0.4 is 10.1 Å². The number of carbonyl (C=O) groups excluding carboxylic acids is 1. The van der Waals surface area contributed by atoms with E-state index in [0.717, 1.165) is 17.0 Å². The zero-order chi connectivity index (χ0) is 26.0. The second-order valence-corrected chi connectivity index (χ2v) is 10.5. The number of thiophene rings is 1. The SMILES string of the molecule is CN(C)CCOc1nc(NC(=O)c2ccc([N+](=O)[O-])s2)c2cnn(-c3ccc(C(C)(C)C)cc3)c2n1. The summed E-state index contributed by atoms with van der Waals surface area (Å²) in [7, 11) is 3.85. The Morgan fingerprint density at radius 3 is 2.50 bits per heavy atom. The van der Waals surface area contributed by atoms with E-state index in [1.807, 2.05) is 43.3 Å². The number of carbonyl (C=O) groups is 1. The summed E-state index contributed by atoms with van der Waals surface area (Å²) in [5.74, 6) is -0.312. The molecule has 1 aromatic carbocycles. The summed E-state index contributed by atoms with van der Waals surface area (Å²) < 4.78 is 7.43. The van der Waals surface area contributed by atoms with Crippen molar-refractivity contribution in [3.05, 3.63) is 63.1 Å². The predicted octanol–water partition coefficient (Wildman–Crippen LogP) is 4.28. The quantitative estimate of drug-likeness (QED) is 0.275. The molecule has 0 spiro atoms. The summed E-state index contributed by atoms with van der Waals surface area (Å²) in [6, 6.07) is 10.8. The summed E-state index contributed by atoms with van der Waals surface area (Å²) in [6.07, 6.45) is 1.57. The largest absolute Gasteiger partial charge is 0.462 e. The first-order chi connectivity index (χ1) is 17.0. The third kappa shape index (κ3) is 5.50. The summed E-state index contributed by atoms with van der Waals surface area (Å²) in [5.41, 5.74) is 2.44. The first-order valence-electron chi connectivity index (χ1n) is 11.2. The van der Waals surface area contributed by atoms with Crippen molar-refractivity contribution in [1.82, 2.24) is 24.6 Å². The van der Waals surface area contributed by atoms with Gasteiger partial charge in [0.05, 0.1) is 27.1 Å². The molecule has 3 aromatic heterocycles. The molecule has 0 aliphatic carbocycles. The maximum absolute atomic E-state index is 12.9. The molecule has 0 aliphatic heterocycles. The van der Waals surface area contributed by atoms with E-state index in [2.05, 4.69) is 41.2 Å². The van der Waals surface area contributed by atoms with Gasteiger partial charge in [-0.25, -0.2) is 4.68 Å². The van der Waals surface area contributed by atoms with Crippen molar-refractivity contribution in [2.24, 2.45) is 0 Å². The number of fused-ring (bicyclic) bond motifs is 1. The Kier molecular flexibility index (Phi) is 7.00. The number of amides is 1. The second kappa shape index (κ2) is 9.99. The van der Waals surface area contributed by atoms with Gasteiger partial charge in [-0.2, -0.15) is 15.1 Å². The number of nitrogens with zero attached hydrogens (tertiary/aromatic N) is 6. The topological polar surface area (TPSA) is 128 Å². The molecule has 4 aromatic rings. The Morgan fingerprint density at radius 1 is 1.17 bits per heavy atom. The molecule has 1 N–H and O–H groups in total. The number of hydrogen-bond donors (Lipinski definition) is 1. The number of benzene rings is 1. The molecule has 0 saturated heterocycles. The highest BCUT2D eigenvalue weighted by Gasteiger charge is 2.21. The van der Waals surface area contributed by atoms with E-state index < -0.39 is 10.8 Å². The fourth-order valence-electron chi connectivity index (χ4n) is 3.38. The highest BCUT2D eigenvalue weighted by molar-refractivity contribution is 7.17. The molecule has 0 unspecified atom stereocenters. The van der Waals surface area contributed by atoms with E-state index >= 15 is 0 Å². The number of nitrogens with one attached hydrogen (secondary N) is 1. The third-order valence-corrected chi connectivity index (χ3v) is 6.42. The Balaban J connectivity index is 1.72. The fraction of sp³-hybridized carbons (Fsp3) is 0.333. The van der Waals surface area contributed by atoms with Gasteiger partial charge in [0.2, 0.25) is 0 Å². The molecular weight excluding hydrogens is 482 g/mol. The van der Waals surface area contributed by atoms with Gasteiger partial charge in [0.15, 0.2) is 11.5 Å². The van der Waals surface area contributed by atoms with Crippen molar-refractivity contribution in [2.45, 2.75) is 26.2 Å². The van der Waals surface area contributed by atoms with Gasteiger partial charge in [0.1, 0.15) is 6.61 Å². The van der Waals surface area contributed by atoms with Crippen molar-refractivity contribution in [1.29, 1.82) is 0 Å². The maximum Gasteiger partial charge on any atom is 0.324 e. The van der Waals surface area contributed by atoms with Gasteiger partial charge in [-0.15, -0.1) is 0 Å². The van der Waals surface area contributed by atoms with E-state index in [4.69, 9.17) is 4.74 Å². The van der Waals surface area contributed by atoms with Crippen molar-refractivity contribution in [2.75, 3.05) is 32.6 Å². The number of anilines is 1. The Bertz CT molecular complexity index is 1400. The van der Waals surface area contributed by atoms with Crippen molar-refractivity contribution in [3.8, 4) is 11.7 Å². The molecular formula is C24H27N7O4S. The minimum Gasteiger partial charge on any atom is -0.462 e. The number of hydrogen-bond acceptors (Lipinski definition) is 9. The van der Waals surface area contributed by atoms with Crippen LogP contribution >= 0.6 is 11.3 Å². The lowest BCUT2D eigenvalue weighted by atomic mass is 9.87. The summed E-state index contributed by atoms with van der Waals surface area (Å²) in [6.45, 7) is 7.43. The molecule has 0 atom stereocenters. The van der Waals surface area contributed by atoms with Gasteiger partial charge in [0, 0.05) is 12.6 Å². The summed E-state index contributed by atoms with van der Waals surface area (Å²) in [5, 5.41) is 18.6. The zero-order valence-corrected chi connectivity index (χ0v) is 21.5. The van der Waals surface area contributed by atoms with Crippen LogP contribution in [-0.4, -0.2) is 62.7 Å². The molecule has 0 fully saturated rings. The highest BCUT2D eigenvalue weighted by atomic mass is 32.1. The van der Waals surface area contributed by atoms with Crippen LogP contribution in [0.5, 0.6) is 6.01 Å². The standard InChI is InChI=1S/C24H27N7O4S/c1-24(2,3)15-6-8-16(9-7-15)30-21-17(14-25-30)20(27-23(28-21)35-13-12-29(4)5)26-22(32)18-10-11-19(36-18)31(33)34/h6-11,14H,12-13H2,1-5H3,(H,26,27,28,32). The molecule has 0 aliphatic rings. The predicted molar refractivity (Wildman–Crippen MR) is 138 cm³/mol. The van der Waals surface area contributed by atoms with Gasteiger partial charge in [-0.1, -0.05) is 44.2 Å². The molecule has 188 valence electrons. The van der Waals surface area contributed by atoms with E-state index in [1.54, 1.807) is 10.9 Å². The van der Waals surface area contributed by atoms with Gasteiger partial charge >= 0.3 is 11.0 Å². The van der Waals surface area contributed by atoms with Gasteiger partial charge in [0.25, 0.3) is 5.91 Å². The van der Waals surface area contributed by atoms with Crippen LogP contribution in [0.4, 0.5) is 10.8 Å². The molecule has 11 nitrogen and oxygen atoms in total. The van der Waals surface area contributed by atoms with Crippen molar-refractivity contribution >= 4 is 39.1 Å². The molecule has 1 amide bonds. The van der Waals surface area contributed by atoms with E-state index in [9.17, 15) is 14.9 Å². The van der Waals surface area contributed by atoms with Crippen LogP contribution in [0.25, 0.3) is 16.7 Å². The van der Waals surface area contributed by atoms with Crippen LogP contribution in [0.3, 0.4) is 0 Å². The molecule has 0 saturated carbocycles. The molecule has 4 rings (SSSR count). The van der Waals surface area contributed by atoms with Crippen molar-refractivity contribution < 1.29 is 14.5 Å². The fourth-order valence-corrected chi connectivity index (χ4v) is 4.09. The summed E-state index contributed by atoms with van der Waals surface area (Å²) >= 11 is 0.788. The zero-order valence-electron chi connectivity index (χ0n) is 20.7. The van der Waals surface area contributed by atoms with Crippen LogP contribution in [0, 0.1) is 10.1 Å². The van der Waals surface area contributed by atoms with Crippen LogP contribution in [0.2, 0.25) is 0 Å². The average Bonchev–Trinajstić information content (AvgIpc) is 3.46. The minimum absolute atomic E-state index is 0.00858. The lowest BCUT2D eigenvalue weighted by Gasteiger charge is -2.19. The first-order valence-corrected chi connectivity index (χ1v) is 12.0. The van der Waals surface area contributed by atoms with E-state index in [1.165, 1.54) is 17.7 Å². The highest BCUT2D eigenvalue weighted by Crippen LogP contribution is 2.29. The molecule has 0 radical (unpaired) electrons. The van der Waals surface area contributed by atoms with Crippen LogP contribution in [-0.2, 0) is 5.41 Å². The molecule has 12 heteroatoms. The normalized spacial score (nSPS) is 11.7. The minimum atomic E-state index is -0.532. The third-order valence-electron chi connectivity index (χ3n) is 5.38.